The normalized spacial score (nSPS) is 11.4. The molecule has 0 aliphatic carbocycles. The first-order valence-electron chi connectivity index (χ1n) is 4.47. The summed E-state index contributed by atoms with van der Waals surface area (Å²) in [5.41, 5.74) is 0. The van der Waals surface area contributed by atoms with Crippen molar-refractivity contribution in [3.63, 3.8) is 0 Å². The van der Waals surface area contributed by atoms with Gasteiger partial charge < -0.3 is 9.47 Å². The third-order valence-corrected chi connectivity index (χ3v) is 1.71. The van der Waals surface area contributed by atoms with Crippen molar-refractivity contribution in [2.45, 2.75) is 6.18 Å². The Morgan fingerprint density at radius 2 is 1.25 bits per heavy atom. The summed E-state index contributed by atoms with van der Waals surface area (Å²) in [6.07, 6.45) is -7.25. The number of halogens is 8. The minimum Gasteiger partial charge on any atom is -0.424 e. The van der Waals surface area contributed by atoms with E-state index in [-0.39, 0.29) is 0 Å². The smallest absolute Gasteiger partial charge is 0.424 e. The minimum absolute atomic E-state index is 2.06. The Hall–Kier alpha value is -2.07. The summed E-state index contributed by atoms with van der Waals surface area (Å²) in [7, 11) is 0. The number of ether oxygens (including phenoxy) is 2. The van der Waals surface area contributed by atoms with Crippen molar-refractivity contribution in [3.05, 3.63) is 29.1 Å². The van der Waals surface area contributed by atoms with Crippen LogP contribution in [0.2, 0.25) is 0 Å². The molecule has 0 aromatic heterocycles. The largest absolute Gasteiger partial charge is 0.514 e. The van der Waals surface area contributed by atoms with Crippen LogP contribution in [0.5, 0.6) is 5.75 Å². The van der Waals surface area contributed by atoms with Gasteiger partial charge in [-0.1, -0.05) is 0 Å². The summed E-state index contributed by atoms with van der Waals surface area (Å²) in [6.45, 7) is -2.17. The molecule has 0 aliphatic heterocycles. The Morgan fingerprint density at radius 3 is 1.65 bits per heavy atom. The van der Waals surface area contributed by atoms with Gasteiger partial charge in [0.25, 0.3) is 0 Å². The van der Waals surface area contributed by atoms with Gasteiger partial charge in [-0.05, 0) is 0 Å². The van der Waals surface area contributed by atoms with Crippen molar-refractivity contribution in [3.8, 4) is 5.75 Å². The molecule has 0 spiro atoms. The lowest BCUT2D eigenvalue weighted by molar-refractivity contribution is -0.163. The van der Waals surface area contributed by atoms with Crippen LogP contribution in [0.4, 0.5) is 39.9 Å². The van der Waals surface area contributed by atoms with E-state index in [9.17, 15) is 39.9 Å². The minimum atomic E-state index is -4.96. The molecule has 1 aromatic carbocycles. The summed E-state index contributed by atoms with van der Waals surface area (Å²) in [6, 6.07) is 0. The second-order valence-electron chi connectivity index (χ2n) is 3.15. The van der Waals surface area contributed by atoms with Crippen molar-refractivity contribution in [1.29, 1.82) is 0 Å². The predicted molar refractivity (Wildman–Crippen MR) is 44.3 cm³/mol. The molecule has 0 atom stereocenters. The zero-order valence-corrected chi connectivity index (χ0v) is 8.96. The van der Waals surface area contributed by atoms with Crippen LogP contribution >= 0.6 is 0 Å². The van der Waals surface area contributed by atoms with Crippen molar-refractivity contribution >= 4 is 6.16 Å². The van der Waals surface area contributed by atoms with Gasteiger partial charge in [0, 0.05) is 0 Å². The number of hydrogen-bond donors (Lipinski definition) is 0. The van der Waals surface area contributed by atoms with Crippen molar-refractivity contribution < 1.29 is 49.4 Å². The molecule has 0 heterocycles. The van der Waals surface area contributed by atoms with E-state index in [0.29, 0.717) is 0 Å². The fourth-order valence-electron chi connectivity index (χ4n) is 0.928. The maximum Gasteiger partial charge on any atom is 0.514 e. The molecule has 0 bridgehead atoms. The van der Waals surface area contributed by atoms with Crippen molar-refractivity contribution in [2.75, 3.05) is 6.61 Å². The van der Waals surface area contributed by atoms with E-state index in [4.69, 9.17) is 0 Å². The molecule has 0 N–H and O–H groups in total. The SMILES string of the molecule is O=C(OCC(F)(F)F)Oc1c(F)c(F)c(F)c(F)c1F. The average molecular weight is 310 g/mol. The highest BCUT2D eigenvalue weighted by molar-refractivity contribution is 5.64. The van der Waals surface area contributed by atoms with E-state index < -0.39 is 53.8 Å². The summed E-state index contributed by atoms with van der Waals surface area (Å²) in [5.74, 6) is -14.5. The Balaban J connectivity index is 2.96. The Bertz CT molecular complexity index is 510. The predicted octanol–water partition coefficient (Wildman–Crippen LogP) is 3.46. The molecule has 1 aromatic rings. The molecule has 20 heavy (non-hydrogen) atoms. The van der Waals surface area contributed by atoms with E-state index in [1.165, 1.54) is 0 Å². The molecule has 11 heteroatoms. The lowest BCUT2D eigenvalue weighted by Gasteiger charge is -2.10. The summed E-state index contributed by atoms with van der Waals surface area (Å²) < 4.78 is 106. The van der Waals surface area contributed by atoms with Crippen LogP contribution in [0.3, 0.4) is 0 Å². The first-order chi connectivity index (χ1) is 9.04. The summed E-state index contributed by atoms with van der Waals surface area (Å²) >= 11 is 0. The lowest BCUT2D eigenvalue weighted by Crippen LogP contribution is -2.23. The van der Waals surface area contributed by atoms with Crippen LogP contribution in [-0.4, -0.2) is 18.9 Å². The number of rotatable bonds is 2. The van der Waals surface area contributed by atoms with Crippen LogP contribution in [-0.2, 0) is 4.74 Å². The summed E-state index contributed by atoms with van der Waals surface area (Å²) in [5, 5.41) is 0. The van der Waals surface area contributed by atoms with Gasteiger partial charge in [-0.2, -0.15) is 22.0 Å². The molecule has 0 unspecified atom stereocenters. The molecule has 112 valence electrons. The van der Waals surface area contributed by atoms with Crippen molar-refractivity contribution in [1.82, 2.24) is 0 Å². The number of benzene rings is 1. The fourth-order valence-corrected chi connectivity index (χ4v) is 0.928. The molecule has 3 nitrogen and oxygen atoms in total. The molecular weight excluding hydrogens is 308 g/mol. The van der Waals surface area contributed by atoms with Gasteiger partial charge in [-0.15, -0.1) is 0 Å². The van der Waals surface area contributed by atoms with Gasteiger partial charge in [0.1, 0.15) is 0 Å². The lowest BCUT2D eigenvalue weighted by atomic mass is 10.3. The van der Waals surface area contributed by atoms with Crippen LogP contribution in [0.25, 0.3) is 0 Å². The monoisotopic (exact) mass is 310 g/mol. The van der Waals surface area contributed by atoms with Gasteiger partial charge in [-0.3, -0.25) is 0 Å². The van der Waals surface area contributed by atoms with Gasteiger partial charge in [0.05, 0.1) is 0 Å². The molecule has 1 rings (SSSR count). The quantitative estimate of drug-likeness (QED) is 0.276. The van der Waals surface area contributed by atoms with Crippen LogP contribution in [0.15, 0.2) is 0 Å². The highest BCUT2D eigenvalue weighted by Crippen LogP contribution is 2.29. The standard InChI is InChI=1S/C9H2F8O3/c10-2-3(11)5(13)7(6(14)4(2)12)20-8(18)19-1-9(15,16)17/h1H2. The molecule has 0 saturated carbocycles. The topological polar surface area (TPSA) is 35.5 Å². The van der Waals surface area contributed by atoms with Gasteiger partial charge in [-0.25, -0.2) is 18.0 Å². The molecule has 0 radical (unpaired) electrons. The Kier molecular flexibility index (Phi) is 4.40. The zero-order valence-electron chi connectivity index (χ0n) is 8.96. The third kappa shape index (κ3) is 3.48. The van der Waals surface area contributed by atoms with E-state index in [2.05, 4.69) is 9.47 Å². The number of alkyl halides is 3. The number of carbonyl (C=O) groups is 1. The second-order valence-corrected chi connectivity index (χ2v) is 3.15. The molecular formula is C9H2F8O3. The van der Waals surface area contributed by atoms with Gasteiger partial charge in [0.15, 0.2) is 6.61 Å². The Morgan fingerprint density at radius 1 is 0.850 bits per heavy atom. The molecule has 0 amide bonds. The summed E-state index contributed by atoms with van der Waals surface area (Å²) in [4.78, 5) is 10.7. The maximum atomic E-state index is 13.0. The first kappa shape index (κ1) is 16.0. The van der Waals surface area contributed by atoms with Crippen LogP contribution < -0.4 is 4.74 Å². The highest BCUT2D eigenvalue weighted by atomic mass is 19.4. The van der Waals surface area contributed by atoms with Gasteiger partial charge >= 0.3 is 12.3 Å². The van der Waals surface area contributed by atoms with E-state index >= 15 is 0 Å². The fraction of sp³-hybridized carbons (Fsp3) is 0.222. The number of carbonyl (C=O) groups excluding carboxylic acids is 1. The highest BCUT2D eigenvalue weighted by Gasteiger charge is 2.32. The zero-order chi connectivity index (χ0) is 15.7. The van der Waals surface area contributed by atoms with Crippen LogP contribution in [0, 0.1) is 29.1 Å². The average Bonchev–Trinajstić information content (AvgIpc) is 2.36. The van der Waals surface area contributed by atoms with Crippen molar-refractivity contribution in [2.24, 2.45) is 0 Å². The maximum absolute atomic E-state index is 13.0. The van der Waals surface area contributed by atoms with Crippen LogP contribution in [0.1, 0.15) is 0 Å². The molecule has 0 saturated heterocycles. The Labute approximate surface area is 104 Å². The first-order valence-corrected chi connectivity index (χ1v) is 4.47. The van der Waals surface area contributed by atoms with E-state index in [1.807, 2.05) is 0 Å². The second kappa shape index (κ2) is 5.51. The van der Waals surface area contributed by atoms with E-state index in [1.54, 1.807) is 0 Å². The van der Waals surface area contributed by atoms with Gasteiger partial charge in [0.2, 0.25) is 34.8 Å². The molecule has 0 fully saturated rings. The molecule has 0 aliphatic rings. The third-order valence-electron chi connectivity index (χ3n) is 1.71. The number of hydrogen-bond acceptors (Lipinski definition) is 3. The van der Waals surface area contributed by atoms with E-state index in [0.717, 1.165) is 0 Å².